The summed E-state index contributed by atoms with van der Waals surface area (Å²) in [6.45, 7) is 1.55. The lowest BCUT2D eigenvalue weighted by atomic mass is 9.89. The van der Waals surface area contributed by atoms with Gasteiger partial charge in [-0.3, -0.25) is 4.79 Å². The summed E-state index contributed by atoms with van der Waals surface area (Å²) >= 11 is 3.38. The Bertz CT molecular complexity index is 466. The molecule has 2 atom stereocenters. The van der Waals surface area contributed by atoms with Crippen LogP contribution < -0.4 is 4.74 Å². The first-order valence-corrected chi connectivity index (χ1v) is 7.10. The van der Waals surface area contributed by atoms with Crippen LogP contribution in [0.2, 0.25) is 0 Å². The Kier molecular flexibility index (Phi) is 3.39. The molecule has 18 heavy (non-hydrogen) atoms. The molecule has 0 saturated carbocycles. The summed E-state index contributed by atoms with van der Waals surface area (Å²) in [5.41, 5.74) is 0.692. The van der Waals surface area contributed by atoms with Crippen LogP contribution in [-0.4, -0.2) is 25.1 Å². The SMILES string of the molecule is O=C1CC(C2CCCOC2)Oc2ccc(Br)cc21. The van der Waals surface area contributed by atoms with Gasteiger partial charge in [0, 0.05) is 23.4 Å². The van der Waals surface area contributed by atoms with Gasteiger partial charge in [-0.15, -0.1) is 0 Å². The normalized spacial score (nSPS) is 27.5. The maximum absolute atomic E-state index is 12.1. The molecule has 0 bridgehead atoms. The molecule has 2 heterocycles. The number of hydrogen-bond donors (Lipinski definition) is 0. The van der Waals surface area contributed by atoms with Crippen molar-refractivity contribution in [2.75, 3.05) is 13.2 Å². The lowest BCUT2D eigenvalue weighted by Crippen LogP contribution is -2.38. The first-order valence-electron chi connectivity index (χ1n) is 6.31. The molecule has 0 radical (unpaired) electrons. The highest BCUT2D eigenvalue weighted by Gasteiger charge is 2.33. The van der Waals surface area contributed by atoms with E-state index in [1.165, 1.54) is 0 Å². The lowest BCUT2D eigenvalue weighted by molar-refractivity contribution is -0.00364. The molecular formula is C14H15BrO3. The fraction of sp³-hybridized carbons (Fsp3) is 0.500. The average molecular weight is 311 g/mol. The minimum atomic E-state index is -0.0218. The number of carbonyl (C=O) groups excluding carboxylic acids is 1. The van der Waals surface area contributed by atoms with Gasteiger partial charge in [0.2, 0.25) is 0 Å². The maximum Gasteiger partial charge on any atom is 0.170 e. The number of ketones is 1. The van der Waals surface area contributed by atoms with Crippen LogP contribution in [0.15, 0.2) is 22.7 Å². The van der Waals surface area contributed by atoms with Crippen LogP contribution in [0.25, 0.3) is 0 Å². The Morgan fingerprint density at radius 1 is 1.33 bits per heavy atom. The van der Waals surface area contributed by atoms with Crippen LogP contribution in [0.1, 0.15) is 29.6 Å². The molecule has 96 valence electrons. The maximum atomic E-state index is 12.1. The smallest absolute Gasteiger partial charge is 0.170 e. The van der Waals surface area contributed by atoms with E-state index in [0.29, 0.717) is 30.3 Å². The van der Waals surface area contributed by atoms with Crippen molar-refractivity contribution in [2.45, 2.75) is 25.4 Å². The Morgan fingerprint density at radius 3 is 3.00 bits per heavy atom. The van der Waals surface area contributed by atoms with Crippen LogP contribution in [0.3, 0.4) is 0 Å². The third-order valence-corrected chi connectivity index (χ3v) is 4.12. The topological polar surface area (TPSA) is 35.5 Å². The number of ether oxygens (including phenoxy) is 2. The minimum absolute atomic E-state index is 0.0218. The number of rotatable bonds is 1. The summed E-state index contributed by atoms with van der Waals surface area (Å²) in [6.07, 6.45) is 2.60. The first kappa shape index (κ1) is 12.2. The average Bonchev–Trinajstić information content (AvgIpc) is 2.40. The van der Waals surface area contributed by atoms with Crippen molar-refractivity contribution in [3.8, 4) is 5.75 Å². The number of halogens is 1. The second-order valence-electron chi connectivity index (χ2n) is 4.90. The fourth-order valence-electron chi connectivity index (χ4n) is 2.64. The van der Waals surface area contributed by atoms with E-state index in [1.54, 1.807) is 0 Å². The van der Waals surface area contributed by atoms with E-state index in [4.69, 9.17) is 9.47 Å². The van der Waals surface area contributed by atoms with Crippen LogP contribution in [-0.2, 0) is 4.74 Å². The molecular weight excluding hydrogens is 296 g/mol. The van der Waals surface area contributed by atoms with Gasteiger partial charge in [0.15, 0.2) is 5.78 Å². The fourth-order valence-corrected chi connectivity index (χ4v) is 3.00. The molecule has 1 aromatic carbocycles. The monoisotopic (exact) mass is 310 g/mol. The highest BCUT2D eigenvalue weighted by Crippen LogP contribution is 2.34. The largest absolute Gasteiger partial charge is 0.489 e. The van der Waals surface area contributed by atoms with E-state index in [9.17, 15) is 4.79 Å². The molecule has 3 rings (SSSR count). The van der Waals surface area contributed by atoms with Crippen LogP contribution in [0, 0.1) is 5.92 Å². The first-order chi connectivity index (χ1) is 8.74. The Hall–Kier alpha value is -0.870. The van der Waals surface area contributed by atoms with E-state index in [1.807, 2.05) is 18.2 Å². The second-order valence-corrected chi connectivity index (χ2v) is 5.82. The van der Waals surface area contributed by atoms with E-state index in [0.717, 1.165) is 23.9 Å². The zero-order valence-corrected chi connectivity index (χ0v) is 11.6. The summed E-state index contributed by atoms with van der Waals surface area (Å²) in [6, 6.07) is 5.62. The van der Waals surface area contributed by atoms with Crippen LogP contribution in [0.5, 0.6) is 5.75 Å². The summed E-state index contributed by atoms with van der Waals surface area (Å²) in [5, 5.41) is 0. The van der Waals surface area contributed by atoms with Crippen molar-refractivity contribution in [2.24, 2.45) is 5.92 Å². The Balaban J connectivity index is 1.82. The molecule has 0 aliphatic carbocycles. The molecule has 1 saturated heterocycles. The van der Waals surface area contributed by atoms with Gasteiger partial charge in [0.1, 0.15) is 11.9 Å². The van der Waals surface area contributed by atoms with Gasteiger partial charge in [-0.1, -0.05) is 15.9 Å². The third kappa shape index (κ3) is 2.31. The summed E-state index contributed by atoms with van der Waals surface area (Å²) in [7, 11) is 0. The molecule has 2 unspecified atom stereocenters. The van der Waals surface area contributed by atoms with Gasteiger partial charge in [0.25, 0.3) is 0 Å². The highest BCUT2D eigenvalue weighted by molar-refractivity contribution is 9.10. The van der Waals surface area contributed by atoms with E-state index in [-0.39, 0.29) is 11.9 Å². The molecule has 1 fully saturated rings. The zero-order valence-electron chi connectivity index (χ0n) is 10.0. The standard InChI is InChI=1S/C14H15BrO3/c15-10-3-4-13-11(6-10)12(16)7-14(18-13)9-2-1-5-17-8-9/h3-4,6,9,14H,1-2,5,7-8H2. The summed E-state index contributed by atoms with van der Waals surface area (Å²) in [5.74, 6) is 1.23. The van der Waals surface area contributed by atoms with Crippen molar-refractivity contribution in [3.05, 3.63) is 28.2 Å². The van der Waals surface area contributed by atoms with Crippen molar-refractivity contribution in [3.63, 3.8) is 0 Å². The number of Topliss-reactive ketones (excluding diaryl/α,β-unsaturated/α-hetero) is 1. The molecule has 3 nitrogen and oxygen atoms in total. The van der Waals surface area contributed by atoms with Crippen LogP contribution >= 0.6 is 15.9 Å². The molecule has 0 amide bonds. The van der Waals surface area contributed by atoms with Gasteiger partial charge in [0.05, 0.1) is 12.2 Å². The van der Waals surface area contributed by atoms with E-state index >= 15 is 0 Å². The molecule has 0 N–H and O–H groups in total. The number of benzene rings is 1. The highest BCUT2D eigenvalue weighted by atomic mass is 79.9. The Labute approximate surface area is 115 Å². The third-order valence-electron chi connectivity index (χ3n) is 3.63. The molecule has 2 aliphatic rings. The van der Waals surface area contributed by atoms with Crippen molar-refractivity contribution >= 4 is 21.7 Å². The van der Waals surface area contributed by atoms with Gasteiger partial charge in [-0.05, 0) is 31.0 Å². The van der Waals surface area contributed by atoms with E-state index < -0.39 is 0 Å². The quantitative estimate of drug-likeness (QED) is 0.799. The van der Waals surface area contributed by atoms with Gasteiger partial charge in [-0.25, -0.2) is 0 Å². The van der Waals surface area contributed by atoms with Crippen molar-refractivity contribution in [1.29, 1.82) is 0 Å². The molecule has 0 spiro atoms. The zero-order chi connectivity index (χ0) is 12.5. The molecule has 1 aromatic rings. The van der Waals surface area contributed by atoms with Crippen molar-refractivity contribution in [1.82, 2.24) is 0 Å². The van der Waals surface area contributed by atoms with Gasteiger partial charge in [-0.2, -0.15) is 0 Å². The molecule has 4 heteroatoms. The number of carbonyl (C=O) groups is 1. The molecule has 0 aromatic heterocycles. The van der Waals surface area contributed by atoms with Crippen LogP contribution in [0.4, 0.5) is 0 Å². The molecule has 2 aliphatic heterocycles. The minimum Gasteiger partial charge on any atom is -0.489 e. The predicted octanol–water partition coefficient (Wildman–Crippen LogP) is 3.21. The number of fused-ring (bicyclic) bond motifs is 1. The van der Waals surface area contributed by atoms with Crippen molar-refractivity contribution < 1.29 is 14.3 Å². The predicted molar refractivity (Wildman–Crippen MR) is 71.0 cm³/mol. The summed E-state index contributed by atoms with van der Waals surface area (Å²) in [4.78, 5) is 12.1. The Morgan fingerprint density at radius 2 is 2.22 bits per heavy atom. The lowest BCUT2D eigenvalue weighted by Gasteiger charge is -2.33. The number of hydrogen-bond acceptors (Lipinski definition) is 3. The van der Waals surface area contributed by atoms with Gasteiger partial charge >= 0.3 is 0 Å². The van der Waals surface area contributed by atoms with E-state index in [2.05, 4.69) is 15.9 Å². The van der Waals surface area contributed by atoms with Gasteiger partial charge < -0.3 is 9.47 Å². The summed E-state index contributed by atoms with van der Waals surface area (Å²) < 4.78 is 12.4. The second kappa shape index (κ2) is 5.02.